The summed E-state index contributed by atoms with van der Waals surface area (Å²) in [6.45, 7) is 1.43. The Morgan fingerprint density at radius 2 is 1.42 bits per heavy atom. The van der Waals surface area contributed by atoms with Gasteiger partial charge in [0.15, 0.2) is 0 Å². The Kier molecular flexibility index (Phi) is 5.23. The van der Waals surface area contributed by atoms with Gasteiger partial charge in [0.1, 0.15) is 0 Å². The van der Waals surface area contributed by atoms with Gasteiger partial charge in [-0.1, -0.05) is 53.5 Å². The molecule has 0 atom stereocenters. The van der Waals surface area contributed by atoms with Crippen molar-refractivity contribution in [1.82, 2.24) is 5.32 Å². The lowest BCUT2D eigenvalue weighted by molar-refractivity contribution is 0.282. The minimum atomic E-state index is 0.0724. The fraction of sp³-hybridized carbons (Fsp3) is 0.200. The summed E-state index contributed by atoms with van der Waals surface area (Å²) in [6, 6.07) is 13.3. The lowest BCUT2D eigenvalue weighted by atomic mass is 10.1. The van der Waals surface area contributed by atoms with E-state index in [9.17, 15) is 0 Å². The van der Waals surface area contributed by atoms with Crippen LogP contribution in [0.15, 0.2) is 42.5 Å². The van der Waals surface area contributed by atoms with E-state index in [1.165, 1.54) is 0 Å². The summed E-state index contributed by atoms with van der Waals surface area (Å²) in [5, 5.41) is 13.6. The van der Waals surface area contributed by atoms with Crippen LogP contribution in [0.5, 0.6) is 0 Å². The van der Waals surface area contributed by atoms with Gasteiger partial charge >= 0.3 is 0 Å². The Balaban J connectivity index is 1.92. The lowest BCUT2D eigenvalue weighted by Gasteiger charge is -2.09. The highest BCUT2D eigenvalue weighted by molar-refractivity contribution is 6.35. The second-order valence-corrected chi connectivity index (χ2v) is 5.09. The molecule has 0 aliphatic carbocycles. The predicted molar refractivity (Wildman–Crippen MR) is 79.4 cm³/mol. The van der Waals surface area contributed by atoms with Gasteiger partial charge in [0.2, 0.25) is 0 Å². The molecule has 0 aromatic heterocycles. The molecule has 0 aliphatic rings. The van der Waals surface area contributed by atoms with Crippen LogP contribution in [0.1, 0.15) is 16.7 Å². The van der Waals surface area contributed by atoms with Gasteiger partial charge in [-0.25, -0.2) is 0 Å². The highest BCUT2D eigenvalue weighted by atomic mass is 35.5. The van der Waals surface area contributed by atoms with E-state index in [0.29, 0.717) is 16.6 Å². The summed E-state index contributed by atoms with van der Waals surface area (Å²) in [6.07, 6.45) is 0. The normalized spacial score (nSPS) is 10.7. The number of nitrogens with one attached hydrogen (secondary N) is 1. The maximum Gasteiger partial charge on any atom is 0.0681 e. The molecule has 100 valence electrons. The Morgan fingerprint density at radius 1 is 0.842 bits per heavy atom. The van der Waals surface area contributed by atoms with Crippen molar-refractivity contribution < 1.29 is 5.11 Å². The van der Waals surface area contributed by atoms with E-state index in [1.54, 1.807) is 0 Å². The van der Waals surface area contributed by atoms with Crippen LogP contribution in [0.3, 0.4) is 0 Å². The minimum Gasteiger partial charge on any atom is -0.392 e. The van der Waals surface area contributed by atoms with E-state index in [4.69, 9.17) is 28.3 Å². The van der Waals surface area contributed by atoms with Crippen LogP contribution in [0, 0.1) is 0 Å². The van der Waals surface area contributed by atoms with E-state index >= 15 is 0 Å². The zero-order chi connectivity index (χ0) is 13.7. The molecule has 2 aromatic rings. The van der Waals surface area contributed by atoms with Gasteiger partial charge in [0.05, 0.1) is 6.61 Å². The molecule has 0 spiro atoms. The Morgan fingerprint density at radius 3 is 2.00 bits per heavy atom. The first-order valence-electron chi connectivity index (χ1n) is 6.03. The monoisotopic (exact) mass is 295 g/mol. The van der Waals surface area contributed by atoms with Crippen molar-refractivity contribution in [1.29, 1.82) is 0 Å². The number of hydrogen-bond donors (Lipinski definition) is 2. The fourth-order valence-corrected chi connectivity index (χ4v) is 2.33. The smallest absolute Gasteiger partial charge is 0.0681 e. The van der Waals surface area contributed by atoms with Gasteiger partial charge in [0, 0.05) is 28.7 Å². The first-order valence-corrected chi connectivity index (χ1v) is 6.78. The van der Waals surface area contributed by atoms with E-state index in [2.05, 4.69) is 5.32 Å². The predicted octanol–water partition coefficient (Wildman–Crippen LogP) is 3.78. The maximum atomic E-state index is 8.97. The molecular weight excluding hydrogens is 281 g/mol. The Hall–Kier alpha value is -1.06. The summed E-state index contributed by atoms with van der Waals surface area (Å²) in [4.78, 5) is 0. The number of aliphatic hydroxyl groups is 1. The zero-order valence-corrected chi connectivity index (χ0v) is 11.9. The Bertz CT molecular complexity index is 520. The molecule has 0 aliphatic heterocycles. The van der Waals surface area contributed by atoms with Crippen molar-refractivity contribution in [2.75, 3.05) is 0 Å². The average Bonchev–Trinajstić information content (AvgIpc) is 2.43. The first-order chi connectivity index (χ1) is 9.20. The van der Waals surface area contributed by atoms with E-state index in [1.807, 2.05) is 42.5 Å². The van der Waals surface area contributed by atoms with E-state index in [0.717, 1.165) is 23.2 Å². The van der Waals surface area contributed by atoms with Crippen LogP contribution < -0.4 is 5.32 Å². The van der Waals surface area contributed by atoms with Gasteiger partial charge in [-0.05, 0) is 23.3 Å². The van der Waals surface area contributed by atoms with Crippen LogP contribution >= 0.6 is 23.2 Å². The molecule has 2 rings (SSSR count). The van der Waals surface area contributed by atoms with Crippen molar-refractivity contribution in [2.45, 2.75) is 19.7 Å². The molecular formula is C15H15Cl2NO. The molecule has 2 aromatic carbocycles. The molecule has 0 unspecified atom stereocenters. The highest BCUT2D eigenvalue weighted by Crippen LogP contribution is 2.23. The van der Waals surface area contributed by atoms with Gasteiger partial charge in [-0.3, -0.25) is 0 Å². The lowest BCUT2D eigenvalue weighted by Crippen LogP contribution is -2.13. The van der Waals surface area contributed by atoms with Crippen LogP contribution in [0.25, 0.3) is 0 Å². The largest absolute Gasteiger partial charge is 0.392 e. The third-order valence-corrected chi connectivity index (χ3v) is 3.61. The van der Waals surface area contributed by atoms with Crippen molar-refractivity contribution in [3.8, 4) is 0 Å². The van der Waals surface area contributed by atoms with E-state index < -0.39 is 0 Å². The third kappa shape index (κ3) is 3.95. The van der Waals surface area contributed by atoms with Crippen molar-refractivity contribution >= 4 is 23.2 Å². The topological polar surface area (TPSA) is 32.3 Å². The molecule has 0 saturated carbocycles. The molecule has 19 heavy (non-hydrogen) atoms. The third-order valence-electron chi connectivity index (χ3n) is 2.90. The van der Waals surface area contributed by atoms with E-state index in [-0.39, 0.29) is 6.61 Å². The molecule has 0 fully saturated rings. The molecule has 0 amide bonds. The number of halogens is 2. The number of benzene rings is 2. The van der Waals surface area contributed by atoms with Crippen molar-refractivity contribution in [3.05, 3.63) is 69.2 Å². The molecule has 0 heterocycles. The highest BCUT2D eigenvalue weighted by Gasteiger charge is 2.04. The molecule has 4 heteroatoms. The van der Waals surface area contributed by atoms with Gasteiger partial charge in [-0.15, -0.1) is 0 Å². The minimum absolute atomic E-state index is 0.0724. The summed E-state index contributed by atoms with van der Waals surface area (Å²) in [5.74, 6) is 0. The molecule has 0 saturated heterocycles. The summed E-state index contributed by atoms with van der Waals surface area (Å²) < 4.78 is 0. The van der Waals surface area contributed by atoms with Crippen LogP contribution in [0.4, 0.5) is 0 Å². The average molecular weight is 296 g/mol. The molecule has 0 bridgehead atoms. The van der Waals surface area contributed by atoms with Gasteiger partial charge < -0.3 is 10.4 Å². The van der Waals surface area contributed by atoms with Gasteiger partial charge in [0.25, 0.3) is 0 Å². The number of rotatable bonds is 5. The second-order valence-electron chi connectivity index (χ2n) is 4.28. The first kappa shape index (κ1) is 14.4. The molecule has 0 radical (unpaired) electrons. The molecule has 2 N–H and O–H groups in total. The summed E-state index contributed by atoms with van der Waals surface area (Å²) in [5.41, 5.74) is 2.98. The van der Waals surface area contributed by atoms with Crippen molar-refractivity contribution in [2.24, 2.45) is 0 Å². The van der Waals surface area contributed by atoms with Gasteiger partial charge in [-0.2, -0.15) is 0 Å². The number of aliphatic hydroxyl groups excluding tert-OH is 1. The van der Waals surface area contributed by atoms with Crippen LogP contribution in [-0.2, 0) is 19.7 Å². The SMILES string of the molecule is OCc1ccc(CNCc2c(Cl)cccc2Cl)cc1. The number of hydrogen-bond acceptors (Lipinski definition) is 2. The van der Waals surface area contributed by atoms with Crippen LogP contribution in [-0.4, -0.2) is 5.11 Å². The quantitative estimate of drug-likeness (QED) is 0.880. The summed E-state index contributed by atoms with van der Waals surface area (Å²) in [7, 11) is 0. The second kappa shape index (κ2) is 6.92. The molecule has 2 nitrogen and oxygen atoms in total. The Labute approximate surface area is 123 Å². The zero-order valence-electron chi connectivity index (χ0n) is 10.4. The summed E-state index contributed by atoms with van der Waals surface area (Å²) >= 11 is 12.2. The maximum absolute atomic E-state index is 8.97. The fourth-order valence-electron chi connectivity index (χ4n) is 1.80. The standard InChI is InChI=1S/C15H15Cl2NO/c16-14-2-1-3-15(17)13(14)9-18-8-11-4-6-12(10-19)7-5-11/h1-7,18-19H,8-10H2. The van der Waals surface area contributed by atoms with Crippen molar-refractivity contribution in [3.63, 3.8) is 0 Å². The van der Waals surface area contributed by atoms with Crippen LogP contribution in [0.2, 0.25) is 10.0 Å².